The fourth-order valence-corrected chi connectivity index (χ4v) is 2.92. The summed E-state index contributed by atoms with van der Waals surface area (Å²) < 4.78 is 5.80. The zero-order valence-electron chi connectivity index (χ0n) is 11.5. The van der Waals surface area contributed by atoms with Gasteiger partial charge in [0, 0.05) is 23.8 Å². The van der Waals surface area contributed by atoms with Gasteiger partial charge in [-0.25, -0.2) is 4.98 Å². The van der Waals surface area contributed by atoms with E-state index in [-0.39, 0.29) is 5.60 Å². The average Bonchev–Trinajstić information content (AvgIpc) is 2.88. The van der Waals surface area contributed by atoms with Crippen molar-refractivity contribution in [2.75, 3.05) is 6.61 Å². The smallest absolute Gasteiger partial charge is 0.0929 e. The third-order valence-corrected chi connectivity index (χ3v) is 3.82. The fourth-order valence-electron chi connectivity index (χ4n) is 2.92. The monoisotopic (exact) mass is 256 g/mol. The van der Waals surface area contributed by atoms with Crippen LogP contribution in [0.1, 0.15) is 38.3 Å². The molecule has 0 saturated carbocycles. The number of rotatable bonds is 2. The number of imidazole rings is 1. The number of benzene rings is 1. The lowest BCUT2D eigenvalue weighted by Gasteiger charge is -2.35. The van der Waals surface area contributed by atoms with Gasteiger partial charge in [0.15, 0.2) is 0 Å². The Morgan fingerprint density at radius 3 is 2.79 bits per heavy atom. The summed E-state index contributed by atoms with van der Waals surface area (Å²) in [5.74, 6) is 0.501. The molecule has 3 heteroatoms. The predicted molar refractivity (Wildman–Crippen MR) is 76.0 cm³/mol. The van der Waals surface area contributed by atoms with Crippen molar-refractivity contribution in [3.8, 4) is 11.3 Å². The van der Waals surface area contributed by atoms with Crippen molar-refractivity contribution in [2.24, 2.45) is 0 Å². The maximum absolute atomic E-state index is 5.80. The Labute approximate surface area is 114 Å². The van der Waals surface area contributed by atoms with Crippen LogP contribution < -0.4 is 0 Å². The summed E-state index contributed by atoms with van der Waals surface area (Å²) >= 11 is 0. The first kappa shape index (κ1) is 12.4. The summed E-state index contributed by atoms with van der Waals surface area (Å²) in [6.07, 6.45) is 3.90. The van der Waals surface area contributed by atoms with Crippen LogP contribution in [-0.2, 0) is 4.74 Å². The molecule has 2 heterocycles. The van der Waals surface area contributed by atoms with Gasteiger partial charge in [-0.3, -0.25) is 0 Å². The SMILES string of the molecule is CC1(C)C[C@H](c2[nH]cnc2-c2ccccc2)CCO1. The second kappa shape index (κ2) is 4.82. The molecule has 19 heavy (non-hydrogen) atoms. The molecule has 2 aromatic rings. The lowest BCUT2D eigenvalue weighted by atomic mass is 9.85. The van der Waals surface area contributed by atoms with Crippen molar-refractivity contribution in [2.45, 2.75) is 38.2 Å². The Morgan fingerprint density at radius 1 is 1.26 bits per heavy atom. The van der Waals surface area contributed by atoms with Crippen molar-refractivity contribution in [1.29, 1.82) is 0 Å². The van der Waals surface area contributed by atoms with Crippen molar-refractivity contribution in [3.63, 3.8) is 0 Å². The van der Waals surface area contributed by atoms with Gasteiger partial charge in [-0.1, -0.05) is 30.3 Å². The number of hydrogen-bond donors (Lipinski definition) is 1. The largest absolute Gasteiger partial charge is 0.376 e. The lowest BCUT2D eigenvalue weighted by molar-refractivity contribution is -0.0596. The molecule has 1 N–H and O–H groups in total. The summed E-state index contributed by atoms with van der Waals surface area (Å²) in [7, 11) is 0. The number of hydrogen-bond acceptors (Lipinski definition) is 2. The maximum Gasteiger partial charge on any atom is 0.0929 e. The standard InChI is InChI=1S/C16H20N2O/c1-16(2)10-13(8-9-19-16)15-14(17-11-18-15)12-6-4-3-5-7-12/h3-7,11,13H,8-10H2,1-2H3,(H,17,18)/t13-/m1/s1. The number of H-pyrrole nitrogens is 1. The van der Waals surface area contributed by atoms with E-state index in [0.29, 0.717) is 5.92 Å². The lowest BCUT2D eigenvalue weighted by Crippen LogP contribution is -2.33. The molecule has 0 aliphatic carbocycles. The van der Waals surface area contributed by atoms with E-state index < -0.39 is 0 Å². The van der Waals surface area contributed by atoms with Gasteiger partial charge in [-0.2, -0.15) is 0 Å². The number of aromatic amines is 1. The van der Waals surface area contributed by atoms with Crippen molar-refractivity contribution in [1.82, 2.24) is 9.97 Å². The van der Waals surface area contributed by atoms with Crippen molar-refractivity contribution >= 4 is 0 Å². The van der Waals surface area contributed by atoms with Crippen LogP contribution in [0.4, 0.5) is 0 Å². The molecule has 0 amide bonds. The first-order chi connectivity index (χ1) is 9.16. The van der Waals surface area contributed by atoms with Gasteiger partial charge in [0.25, 0.3) is 0 Å². The average molecular weight is 256 g/mol. The van der Waals surface area contributed by atoms with E-state index in [2.05, 4.69) is 48.1 Å². The Morgan fingerprint density at radius 2 is 2.05 bits per heavy atom. The third-order valence-electron chi connectivity index (χ3n) is 3.82. The molecule has 1 saturated heterocycles. The van der Waals surface area contributed by atoms with Crippen LogP contribution in [0.25, 0.3) is 11.3 Å². The third kappa shape index (κ3) is 2.56. The van der Waals surface area contributed by atoms with E-state index in [1.54, 1.807) is 6.33 Å². The minimum Gasteiger partial charge on any atom is -0.376 e. The Balaban J connectivity index is 1.92. The van der Waals surface area contributed by atoms with E-state index in [1.165, 1.54) is 11.3 Å². The van der Waals surface area contributed by atoms with Gasteiger partial charge in [-0.05, 0) is 26.7 Å². The minimum atomic E-state index is -0.0397. The van der Waals surface area contributed by atoms with Crippen LogP contribution in [-0.4, -0.2) is 22.2 Å². The molecule has 1 fully saturated rings. The van der Waals surface area contributed by atoms with Gasteiger partial charge < -0.3 is 9.72 Å². The molecular weight excluding hydrogens is 236 g/mol. The van der Waals surface area contributed by atoms with E-state index in [4.69, 9.17) is 4.74 Å². The summed E-state index contributed by atoms with van der Waals surface area (Å²) in [6.45, 7) is 5.15. The first-order valence-electron chi connectivity index (χ1n) is 6.88. The molecule has 1 atom stereocenters. The minimum absolute atomic E-state index is 0.0397. The highest BCUT2D eigenvalue weighted by Gasteiger charge is 2.31. The van der Waals surface area contributed by atoms with Gasteiger partial charge in [0.2, 0.25) is 0 Å². The van der Waals surface area contributed by atoms with Crippen LogP contribution in [0, 0.1) is 0 Å². The van der Waals surface area contributed by atoms with Gasteiger partial charge in [0.1, 0.15) is 0 Å². The fraction of sp³-hybridized carbons (Fsp3) is 0.438. The van der Waals surface area contributed by atoms with E-state index in [9.17, 15) is 0 Å². The van der Waals surface area contributed by atoms with Crippen LogP contribution in [0.5, 0.6) is 0 Å². The molecule has 0 bridgehead atoms. The van der Waals surface area contributed by atoms with Crippen molar-refractivity contribution in [3.05, 3.63) is 42.4 Å². The molecular formula is C16H20N2O. The zero-order valence-corrected chi connectivity index (χ0v) is 11.5. The highest BCUT2D eigenvalue weighted by atomic mass is 16.5. The van der Waals surface area contributed by atoms with Crippen LogP contribution in [0.2, 0.25) is 0 Å². The maximum atomic E-state index is 5.80. The zero-order chi connectivity index (χ0) is 13.3. The topological polar surface area (TPSA) is 37.9 Å². The highest BCUT2D eigenvalue weighted by Crippen LogP contribution is 2.38. The normalized spacial score (nSPS) is 22.3. The van der Waals surface area contributed by atoms with E-state index >= 15 is 0 Å². The molecule has 1 aromatic heterocycles. The second-order valence-corrected chi connectivity index (χ2v) is 5.83. The Kier molecular flexibility index (Phi) is 3.15. The summed E-state index contributed by atoms with van der Waals surface area (Å²) in [5.41, 5.74) is 3.48. The number of aromatic nitrogens is 2. The predicted octanol–water partition coefficient (Wildman–Crippen LogP) is 3.75. The molecule has 3 nitrogen and oxygen atoms in total. The summed E-state index contributed by atoms with van der Waals surface area (Å²) in [4.78, 5) is 7.86. The second-order valence-electron chi connectivity index (χ2n) is 5.83. The summed E-state index contributed by atoms with van der Waals surface area (Å²) in [6, 6.07) is 10.4. The van der Waals surface area contributed by atoms with Crippen LogP contribution >= 0.6 is 0 Å². The molecule has 100 valence electrons. The number of ether oxygens (including phenoxy) is 1. The first-order valence-corrected chi connectivity index (χ1v) is 6.88. The van der Waals surface area contributed by atoms with Gasteiger partial charge in [0.05, 0.1) is 17.6 Å². The Hall–Kier alpha value is -1.61. The molecule has 3 rings (SSSR count). The molecule has 1 aromatic carbocycles. The Bertz CT molecular complexity index is 545. The van der Waals surface area contributed by atoms with Crippen LogP contribution in [0.15, 0.2) is 36.7 Å². The molecule has 1 aliphatic rings. The van der Waals surface area contributed by atoms with E-state index in [1.807, 2.05) is 6.07 Å². The molecule has 0 radical (unpaired) electrons. The highest BCUT2D eigenvalue weighted by molar-refractivity contribution is 5.62. The van der Waals surface area contributed by atoms with E-state index in [0.717, 1.165) is 25.1 Å². The molecule has 0 unspecified atom stereocenters. The number of nitrogens with zero attached hydrogens (tertiary/aromatic N) is 1. The quantitative estimate of drug-likeness (QED) is 0.888. The van der Waals surface area contributed by atoms with Crippen molar-refractivity contribution < 1.29 is 4.74 Å². The summed E-state index contributed by atoms with van der Waals surface area (Å²) in [5, 5.41) is 0. The number of nitrogens with one attached hydrogen (secondary N) is 1. The molecule has 0 spiro atoms. The van der Waals surface area contributed by atoms with Gasteiger partial charge >= 0.3 is 0 Å². The van der Waals surface area contributed by atoms with Gasteiger partial charge in [-0.15, -0.1) is 0 Å². The molecule has 1 aliphatic heterocycles. The van der Waals surface area contributed by atoms with Crippen LogP contribution in [0.3, 0.4) is 0 Å².